The van der Waals surface area contributed by atoms with E-state index in [4.69, 9.17) is 4.74 Å². The van der Waals surface area contributed by atoms with Gasteiger partial charge in [0.05, 0.1) is 0 Å². The van der Waals surface area contributed by atoms with Gasteiger partial charge in [-0.1, -0.05) is 12.1 Å². The first-order valence-corrected chi connectivity index (χ1v) is 5.90. The van der Waals surface area contributed by atoms with Gasteiger partial charge in [0.25, 0.3) is 0 Å². The molecule has 0 amide bonds. The Labute approximate surface area is 109 Å². The molecule has 0 radical (unpaired) electrons. The standard InChI is InChI=1S/C15H12FNO2/c16-11-3-1-4-12(7-11)19-9-10-8-17-13-5-2-6-14(18)15(10)13/h1-8,17-18H,9H2. The summed E-state index contributed by atoms with van der Waals surface area (Å²) in [5, 5.41) is 10.6. The van der Waals surface area contributed by atoms with E-state index in [9.17, 15) is 9.50 Å². The second kappa shape index (κ2) is 4.65. The van der Waals surface area contributed by atoms with Crippen molar-refractivity contribution < 1.29 is 14.2 Å². The van der Waals surface area contributed by atoms with Crippen LogP contribution in [0.5, 0.6) is 11.5 Å². The Morgan fingerprint density at radius 3 is 2.84 bits per heavy atom. The molecular formula is C15H12FNO2. The summed E-state index contributed by atoms with van der Waals surface area (Å²) in [7, 11) is 0. The Kier molecular flexibility index (Phi) is 2.83. The van der Waals surface area contributed by atoms with Crippen molar-refractivity contribution in [2.75, 3.05) is 0 Å². The van der Waals surface area contributed by atoms with Crippen LogP contribution in [0.25, 0.3) is 10.9 Å². The number of aromatic hydroxyl groups is 1. The molecule has 0 saturated carbocycles. The molecule has 0 aliphatic heterocycles. The van der Waals surface area contributed by atoms with Crippen molar-refractivity contribution in [2.45, 2.75) is 6.61 Å². The average molecular weight is 257 g/mol. The molecule has 0 spiro atoms. The highest BCUT2D eigenvalue weighted by Gasteiger charge is 2.08. The van der Waals surface area contributed by atoms with Gasteiger partial charge in [0.1, 0.15) is 23.9 Å². The van der Waals surface area contributed by atoms with Crippen molar-refractivity contribution in [2.24, 2.45) is 0 Å². The average Bonchev–Trinajstić information content (AvgIpc) is 2.81. The fourth-order valence-corrected chi connectivity index (χ4v) is 2.07. The number of phenols is 1. The number of aromatic amines is 1. The Bertz CT molecular complexity index is 721. The van der Waals surface area contributed by atoms with E-state index in [2.05, 4.69) is 4.98 Å². The van der Waals surface area contributed by atoms with Crippen molar-refractivity contribution in [3.05, 3.63) is 60.0 Å². The number of ether oxygens (including phenoxy) is 1. The second-order valence-corrected chi connectivity index (χ2v) is 4.26. The number of phenolic OH excluding ortho intramolecular Hbond substituents is 1. The molecule has 19 heavy (non-hydrogen) atoms. The van der Waals surface area contributed by atoms with Crippen molar-refractivity contribution >= 4 is 10.9 Å². The molecule has 3 rings (SSSR count). The fourth-order valence-electron chi connectivity index (χ4n) is 2.07. The van der Waals surface area contributed by atoms with E-state index in [0.29, 0.717) is 5.75 Å². The number of hydrogen-bond donors (Lipinski definition) is 2. The molecule has 1 aromatic heterocycles. The zero-order valence-corrected chi connectivity index (χ0v) is 10.1. The van der Waals surface area contributed by atoms with Gasteiger partial charge >= 0.3 is 0 Å². The maximum absolute atomic E-state index is 13.0. The van der Waals surface area contributed by atoms with Crippen LogP contribution in [0.4, 0.5) is 4.39 Å². The van der Waals surface area contributed by atoms with E-state index < -0.39 is 0 Å². The topological polar surface area (TPSA) is 45.2 Å². The molecule has 0 bridgehead atoms. The van der Waals surface area contributed by atoms with Crippen LogP contribution in [0.3, 0.4) is 0 Å². The Hall–Kier alpha value is -2.49. The predicted molar refractivity (Wildman–Crippen MR) is 70.7 cm³/mol. The number of benzene rings is 2. The molecule has 4 heteroatoms. The normalized spacial score (nSPS) is 10.8. The number of hydrogen-bond acceptors (Lipinski definition) is 2. The molecule has 96 valence electrons. The van der Waals surface area contributed by atoms with E-state index in [1.807, 2.05) is 6.07 Å². The summed E-state index contributed by atoms with van der Waals surface area (Å²) >= 11 is 0. The highest BCUT2D eigenvalue weighted by atomic mass is 19.1. The van der Waals surface area contributed by atoms with Crippen LogP contribution in [-0.2, 0) is 6.61 Å². The quantitative estimate of drug-likeness (QED) is 0.753. The van der Waals surface area contributed by atoms with E-state index in [1.54, 1.807) is 30.5 Å². The monoisotopic (exact) mass is 257 g/mol. The van der Waals surface area contributed by atoms with Crippen LogP contribution >= 0.6 is 0 Å². The van der Waals surface area contributed by atoms with Crippen LogP contribution < -0.4 is 4.74 Å². The molecule has 0 aliphatic rings. The number of rotatable bonds is 3. The van der Waals surface area contributed by atoms with Gasteiger partial charge in [-0.25, -0.2) is 4.39 Å². The van der Waals surface area contributed by atoms with E-state index >= 15 is 0 Å². The third-order valence-electron chi connectivity index (χ3n) is 2.96. The highest BCUT2D eigenvalue weighted by molar-refractivity contribution is 5.88. The first kappa shape index (κ1) is 11.6. The number of aromatic nitrogens is 1. The Morgan fingerprint density at radius 1 is 1.16 bits per heavy atom. The largest absolute Gasteiger partial charge is 0.507 e. The van der Waals surface area contributed by atoms with Gasteiger partial charge in [-0.15, -0.1) is 0 Å². The Morgan fingerprint density at radius 2 is 2.00 bits per heavy atom. The van der Waals surface area contributed by atoms with Gasteiger partial charge in [0, 0.05) is 28.7 Å². The lowest BCUT2D eigenvalue weighted by Crippen LogP contribution is -1.94. The zero-order chi connectivity index (χ0) is 13.2. The summed E-state index contributed by atoms with van der Waals surface area (Å²) in [5.41, 5.74) is 1.68. The maximum atomic E-state index is 13.0. The number of nitrogens with one attached hydrogen (secondary N) is 1. The maximum Gasteiger partial charge on any atom is 0.126 e. The smallest absolute Gasteiger partial charge is 0.126 e. The minimum atomic E-state index is -0.334. The lowest BCUT2D eigenvalue weighted by Gasteiger charge is -2.05. The first-order chi connectivity index (χ1) is 9.24. The van der Waals surface area contributed by atoms with Crippen LogP contribution in [0.15, 0.2) is 48.7 Å². The third kappa shape index (κ3) is 2.25. The summed E-state index contributed by atoms with van der Waals surface area (Å²) in [6.45, 7) is 0.265. The summed E-state index contributed by atoms with van der Waals surface area (Å²) in [5.74, 6) is 0.334. The van der Waals surface area contributed by atoms with Crippen molar-refractivity contribution in [1.82, 2.24) is 4.98 Å². The highest BCUT2D eigenvalue weighted by Crippen LogP contribution is 2.28. The van der Waals surface area contributed by atoms with Crippen LogP contribution in [0.1, 0.15) is 5.56 Å². The van der Waals surface area contributed by atoms with Gasteiger partial charge in [-0.2, -0.15) is 0 Å². The van der Waals surface area contributed by atoms with E-state index in [-0.39, 0.29) is 18.2 Å². The second-order valence-electron chi connectivity index (χ2n) is 4.26. The zero-order valence-electron chi connectivity index (χ0n) is 10.1. The van der Waals surface area contributed by atoms with Crippen molar-refractivity contribution in [1.29, 1.82) is 0 Å². The third-order valence-corrected chi connectivity index (χ3v) is 2.96. The fraction of sp³-hybridized carbons (Fsp3) is 0.0667. The predicted octanol–water partition coefficient (Wildman–Crippen LogP) is 3.59. The number of halogens is 1. The van der Waals surface area contributed by atoms with Gasteiger partial charge in [0.15, 0.2) is 0 Å². The summed E-state index contributed by atoms with van der Waals surface area (Å²) < 4.78 is 18.5. The summed E-state index contributed by atoms with van der Waals surface area (Å²) in [6, 6.07) is 11.3. The molecule has 2 N–H and O–H groups in total. The molecular weight excluding hydrogens is 245 g/mol. The minimum absolute atomic E-state index is 0.205. The molecule has 0 fully saturated rings. The van der Waals surface area contributed by atoms with Gasteiger partial charge in [-0.05, 0) is 24.3 Å². The number of fused-ring (bicyclic) bond motifs is 1. The molecule has 0 aliphatic carbocycles. The van der Waals surface area contributed by atoms with E-state index in [1.165, 1.54) is 12.1 Å². The molecule has 3 nitrogen and oxygen atoms in total. The molecule has 3 aromatic rings. The van der Waals surface area contributed by atoms with Crippen LogP contribution in [-0.4, -0.2) is 10.1 Å². The minimum Gasteiger partial charge on any atom is -0.507 e. The lowest BCUT2D eigenvalue weighted by molar-refractivity contribution is 0.305. The van der Waals surface area contributed by atoms with Gasteiger partial charge in [-0.3, -0.25) is 0 Å². The number of H-pyrrole nitrogens is 1. The van der Waals surface area contributed by atoms with Crippen LogP contribution in [0.2, 0.25) is 0 Å². The summed E-state index contributed by atoms with van der Waals surface area (Å²) in [4.78, 5) is 3.06. The van der Waals surface area contributed by atoms with Gasteiger partial charge in [0.2, 0.25) is 0 Å². The summed E-state index contributed by atoms with van der Waals surface area (Å²) in [6.07, 6.45) is 1.78. The molecule has 0 atom stereocenters. The van der Waals surface area contributed by atoms with Gasteiger partial charge < -0.3 is 14.8 Å². The van der Waals surface area contributed by atoms with Crippen molar-refractivity contribution in [3.63, 3.8) is 0 Å². The SMILES string of the molecule is Oc1cccc2[nH]cc(COc3cccc(F)c3)c12. The Balaban J connectivity index is 1.86. The van der Waals surface area contributed by atoms with Crippen molar-refractivity contribution in [3.8, 4) is 11.5 Å². The molecule has 1 heterocycles. The molecule has 2 aromatic carbocycles. The van der Waals surface area contributed by atoms with Crippen LogP contribution in [0, 0.1) is 5.82 Å². The lowest BCUT2D eigenvalue weighted by atomic mass is 10.1. The molecule has 0 saturated heterocycles. The van der Waals surface area contributed by atoms with E-state index in [0.717, 1.165) is 16.5 Å². The first-order valence-electron chi connectivity index (χ1n) is 5.90. The molecule has 0 unspecified atom stereocenters.